The number of carbonyl (C=O) groups excluding carboxylic acids is 1. The fraction of sp³-hybridized carbons (Fsp3) is 0.375. The number of phenols is 1. The molecule has 1 aliphatic heterocycles. The van der Waals surface area contributed by atoms with E-state index in [9.17, 15) is 9.90 Å². The monoisotopic (exact) mass is 505 g/mol. The number of aryl methyl sites for hydroxylation is 1. The number of benzene rings is 2. The van der Waals surface area contributed by atoms with E-state index in [1.165, 1.54) is 0 Å². The highest BCUT2D eigenvalue weighted by molar-refractivity contribution is 9.10. The molecule has 0 unspecified atom stereocenters. The molecule has 0 spiro atoms. The van der Waals surface area contributed by atoms with Crippen molar-refractivity contribution in [1.82, 2.24) is 4.90 Å². The fourth-order valence-corrected chi connectivity index (χ4v) is 4.01. The molecule has 0 amide bonds. The van der Waals surface area contributed by atoms with Gasteiger partial charge in [-0.25, -0.2) is 0 Å². The summed E-state index contributed by atoms with van der Waals surface area (Å²) in [7, 11) is 4.86. The van der Waals surface area contributed by atoms with E-state index < -0.39 is 0 Å². The number of ketones is 1. The summed E-state index contributed by atoms with van der Waals surface area (Å²) in [6.07, 6.45) is 1.67. The van der Waals surface area contributed by atoms with E-state index in [0.29, 0.717) is 66.6 Å². The molecule has 8 heteroatoms. The molecule has 2 aromatic rings. The average Bonchev–Trinajstić information content (AvgIpc) is 3.09. The van der Waals surface area contributed by atoms with Crippen LogP contribution in [0.1, 0.15) is 27.0 Å². The Hall–Kier alpha value is -2.39. The van der Waals surface area contributed by atoms with Crippen molar-refractivity contribution in [3.63, 3.8) is 0 Å². The number of Topliss-reactive ketones (excluding diaryl/α,β-unsaturated/α-hetero) is 1. The number of methoxy groups -OCH3 is 3. The van der Waals surface area contributed by atoms with Gasteiger partial charge >= 0.3 is 0 Å². The molecule has 0 bridgehead atoms. The van der Waals surface area contributed by atoms with Crippen LogP contribution in [0.25, 0.3) is 6.08 Å². The lowest BCUT2D eigenvalue weighted by Gasteiger charge is -2.23. The van der Waals surface area contributed by atoms with E-state index in [-0.39, 0.29) is 17.3 Å². The maximum atomic E-state index is 13.2. The first kappa shape index (κ1) is 24.3. The third-order valence-corrected chi connectivity index (χ3v) is 5.80. The van der Waals surface area contributed by atoms with Gasteiger partial charge in [0.1, 0.15) is 17.2 Å². The van der Waals surface area contributed by atoms with Gasteiger partial charge in [-0.05, 0) is 42.8 Å². The molecule has 32 heavy (non-hydrogen) atoms. The Morgan fingerprint density at radius 1 is 1.12 bits per heavy atom. The summed E-state index contributed by atoms with van der Waals surface area (Å²) in [4.78, 5) is 15.3. The van der Waals surface area contributed by atoms with Gasteiger partial charge in [-0.15, -0.1) is 0 Å². The summed E-state index contributed by atoms with van der Waals surface area (Å²) in [5, 5.41) is 10.7. The quantitative estimate of drug-likeness (QED) is 0.485. The van der Waals surface area contributed by atoms with Crippen LogP contribution >= 0.6 is 15.9 Å². The molecule has 0 fully saturated rings. The van der Waals surface area contributed by atoms with Crippen molar-refractivity contribution >= 4 is 27.8 Å². The topological polar surface area (TPSA) is 77.5 Å². The molecular formula is C24H28BrNO6. The van der Waals surface area contributed by atoms with E-state index in [0.717, 1.165) is 4.47 Å². The normalized spacial score (nSPS) is 14.2. The fourth-order valence-electron chi connectivity index (χ4n) is 3.63. The number of carbonyl (C=O) groups is 1. The van der Waals surface area contributed by atoms with Gasteiger partial charge < -0.3 is 24.1 Å². The maximum Gasteiger partial charge on any atom is 0.232 e. The van der Waals surface area contributed by atoms with Crippen molar-refractivity contribution in [3.8, 4) is 17.2 Å². The number of phenolic OH excluding ortho intramolecular Hbond substituents is 1. The van der Waals surface area contributed by atoms with E-state index >= 15 is 0 Å². The minimum atomic E-state index is -0.221. The first-order chi connectivity index (χ1) is 15.4. The lowest BCUT2D eigenvalue weighted by atomic mass is 9.99. The van der Waals surface area contributed by atoms with E-state index in [1.807, 2.05) is 18.2 Å². The Bertz CT molecular complexity index is 1010. The second-order valence-electron chi connectivity index (χ2n) is 7.48. The SMILES string of the molecule is COCCN(CCOC)Cc1c(O)cc(C)c2c1O/C(=C/c1cc(Br)ccc1OC)C2=O. The molecule has 2 aromatic carbocycles. The van der Waals surface area contributed by atoms with Gasteiger partial charge in [0.05, 0.1) is 31.5 Å². The summed E-state index contributed by atoms with van der Waals surface area (Å²) in [6, 6.07) is 7.15. The predicted octanol–water partition coefficient (Wildman–Crippen LogP) is 4.18. The Labute approximate surface area is 196 Å². The van der Waals surface area contributed by atoms with Crippen molar-refractivity contribution in [3.05, 3.63) is 56.8 Å². The number of hydrogen-bond acceptors (Lipinski definition) is 7. The lowest BCUT2D eigenvalue weighted by Crippen LogP contribution is -2.30. The van der Waals surface area contributed by atoms with Gasteiger partial charge in [0.15, 0.2) is 5.76 Å². The molecule has 0 saturated carbocycles. The summed E-state index contributed by atoms with van der Waals surface area (Å²) in [5.41, 5.74) is 2.41. The molecule has 0 radical (unpaired) electrons. The van der Waals surface area contributed by atoms with Crippen LogP contribution in [0, 0.1) is 6.92 Å². The molecule has 0 atom stereocenters. The van der Waals surface area contributed by atoms with Crippen LogP contribution in [0.15, 0.2) is 34.5 Å². The third kappa shape index (κ3) is 5.32. The highest BCUT2D eigenvalue weighted by Crippen LogP contribution is 2.42. The summed E-state index contributed by atoms with van der Waals surface area (Å²) in [5.74, 6) is 1.08. The molecule has 172 valence electrons. The number of allylic oxidation sites excluding steroid dienone is 1. The Balaban J connectivity index is 1.99. The van der Waals surface area contributed by atoms with Crippen LogP contribution in [0.5, 0.6) is 17.2 Å². The zero-order chi connectivity index (χ0) is 23.3. The minimum absolute atomic E-state index is 0.0927. The summed E-state index contributed by atoms with van der Waals surface area (Å²) in [6.45, 7) is 4.54. The molecule has 3 rings (SSSR count). The highest BCUT2D eigenvalue weighted by Gasteiger charge is 2.34. The van der Waals surface area contributed by atoms with Crippen molar-refractivity contribution in [2.24, 2.45) is 0 Å². The Kier molecular flexibility index (Phi) is 8.31. The molecule has 1 N–H and O–H groups in total. The second-order valence-corrected chi connectivity index (χ2v) is 8.40. The number of aromatic hydroxyl groups is 1. The van der Waals surface area contributed by atoms with Gasteiger partial charge in [0, 0.05) is 43.9 Å². The third-order valence-electron chi connectivity index (χ3n) is 5.30. The zero-order valence-electron chi connectivity index (χ0n) is 18.7. The number of hydrogen-bond donors (Lipinski definition) is 1. The zero-order valence-corrected chi connectivity index (χ0v) is 20.3. The molecular weight excluding hydrogens is 478 g/mol. The van der Waals surface area contributed by atoms with Crippen molar-refractivity contribution in [2.75, 3.05) is 47.6 Å². The number of nitrogens with zero attached hydrogens (tertiary/aromatic N) is 1. The lowest BCUT2D eigenvalue weighted by molar-refractivity contribution is 0.101. The van der Waals surface area contributed by atoms with E-state index in [2.05, 4.69) is 20.8 Å². The smallest absolute Gasteiger partial charge is 0.232 e. The largest absolute Gasteiger partial charge is 0.507 e. The van der Waals surface area contributed by atoms with Crippen LogP contribution < -0.4 is 9.47 Å². The molecule has 7 nitrogen and oxygen atoms in total. The van der Waals surface area contributed by atoms with Gasteiger partial charge in [-0.1, -0.05) is 15.9 Å². The standard InChI is InChI=1S/C24H28BrNO6/c1-15-11-19(27)18(14-26(7-9-29-2)8-10-30-3)24-22(15)23(28)21(32-24)13-16-12-17(25)5-6-20(16)31-4/h5-6,11-13,27H,7-10,14H2,1-4H3/b21-13+. The van der Waals surface area contributed by atoms with Crippen molar-refractivity contribution < 1.29 is 28.8 Å². The second kappa shape index (κ2) is 11.0. The number of ether oxygens (including phenoxy) is 4. The van der Waals surface area contributed by atoms with Crippen LogP contribution in [0.3, 0.4) is 0 Å². The van der Waals surface area contributed by atoms with E-state index in [4.69, 9.17) is 18.9 Å². The first-order valence-corrected chi connectivity index (χ1v) is 11.0. The minimum Gasteiger partial charge on any atom is -0.507 e. The number of halogens is 1. The van der Waals surface area contributed by atoms with Gasteiger partial charge in [-0.2, -0.15) is 0 Å². The van der Waals surface area contributed by atoms with Crippen LogP contribution in [0.4, 0.5) is 0 Å². The van der Waals surface area contributed by atoms with Crippen molar-refractivity contribution in [1.29, 1.82) is 0 Å². The van der Waals surface area contributed by atoms with Crippen molar-refractivity contribution in [2.45, 2.75) is 13.5 Å². The number of fused-ring (bicyclic) bond motifs is 1. The van der Waals surface area contributed by atoms with Gasteiger partial charge in [0.25, 0.3) is 0 Å². The molecule has 1 heterocycles. The van der Waals surface area contributed by atoms with Crippen LogP contribution in [-0.2, 0) is 16.0 Å². The van der Waals surface area contributed by atoms with E-state index in [1.54, 1.807) is 40.4 Å². The van der Waals surface area contributed by atoms with Gasteiger partial charge in [-0.3, -0.25) is 9.69 Å². The molecule has 1 aliphatic rings. The first-order valence-electron chi connectivity index (χ1n) is 10.2. The predicted molar refractivity (Wildman–Crippen MR) is 126 cm³/mol. The van der Waals surface area contributed by atoms with Crippen LogP contribution in [0.2, 0.25) is 0 Å². The van der Waals surface area contributed by atoms with Crippen LogP contribution in [-0.4, -0.2) is 63.4 Å². The number of rotatable bonds is 10. The summed E-state index contributed by atoms with van der Waals surface area (Å²) < 4.78 is 22.7. The van der Waals surface area contributed by atoms with Gasteiger partial charge in [0.2, 0.25) is 5.78 Å². The average molecular weight is 506 g/mol. The molecule has 0 aromatic heterocycles. The Morgan fingerprint density at radius 2 is 1.81 bits per heavy atom. The Morgan fingerprint density at radius 3 is 2.44 bits per heavy atom. The maximum absolute atomic E-state index is 13.2. The summed E-state index contributed by atoms with van der Waals surface area (Å²) >= 11 is 3.45. The highest BCUT2D eigenvalue weighted by atomic mass is 79.9. The molecule has 0 aliphatic carbocycles. The molecule has 0 saturated heterocycles.